The molecule has 0 aliphatic heterocycles. The van der Waals surface area contributed by atoms with E-state index in [2.05, 4.69) is 27.8 Å². The summed E-state index contributed by atoms with van der Waals surface area (Å²) in [5, 5.41) is 13.5. The first-order valence-corrected chi connectivity index (χ1v) is 16.0. The monoisotopic (exact) mass is 687 g/mol. The zero-order chi connectivity index (χ0) is 31.7. The Morgan fingerprint density at radius 1 is 0.955 bits per heavy atom. The molecule has 0 bridgehead atoms. The molecule has 0 radical (unpaired) electrons. The number of nitrogens with zero attached hydrogens (tertiary/aromatic N) is 2. The summed E-state index contributed by atoms with van der Waals surface area (Å²) in [4.78, 5) is 12.7. The molecule has 3 aromatic carbocycles. The Labute approximate surface area is 299 Å². The zero-order valence-corrected chi connectivity index (χ0v) is 30.5. The van der Waals surface area contributed by atoms with Crippen molar-refractivity contribution >= 4 is 59.0 Å². The van der Waals surface area contributed by atoms with Crippen LogP contribution in [0.5, 0.6) is 5.75 Å². The third kappa shape index (κ3) is 14.9. The van der Waals surface area contributed by atoms with Crippen LogP contribution in [-0.2, 0) is 30.4 Å². The number of azo groups is 1. The summed E-state index contributed by atoms with van der Waals surface area (Å²) in [7, 11) is -11.5. The summed E-state index contributed by atoms with van der Waals surface area (Å²) >= 11 is 0. The van der Waals surface area contributed by atoms with Crippen LogP contribution in [0.15, 0.2) is 75.8 Å². The summed E-state index contributed by atoms with van der Waals surface area (Å²) in [6, 6.07) is 15.3. The van der Waals surface area contributed by atoms with E-state index >= 15 is 0 Å². The predicted molar refractivity (Wildman–Crippen MR) is 151 cm³/mol. The fourth-order valence-electron chi connectivity index (χ4n) is 3.14. The quantitative estimate of drug-likeness (QED) is 0.0644. The van der Waals surface area contributed by atoms with E-state index < -0.39 is 42.1 Å². The van der Waals surface area contributed by atoms with E-state index in [0.29, 0.717) is 33.9 Å². The zero-order valence-electron chi connectivity index (χ0n) is 24.0. The topological polar surface area (TPSA) is 244 Å². The predicted octanol–water partition coefficient (Wildman–Crippen LogP) is -2.79. The molecule has 0 unspecified atom stereocenters. The maximum atomic E-state index is 12.6. The second kappa shape index (κ2) is 18.3. The van der Waals surface area contributed by atoms with Gasteiger partial charge >= 0.3 is 59.1 Å². The van der Waals surface area contributed by atoms with Crippen LogP contribution in [0.1, 0.15) is 15.9 Å². The number of aryl methyl sites for hydroxylation is 1. The largest absolute Gasteiger partial charge is 1.00 e. The van der Waals surface area contributed by atoms with E-state index in [9.17, 15) is 26.2 Å². The van der Waals surface area contributed by atoms with E-state index in [1.807, 2.05) is 0 Å². The molecule has 15 nitrogen and oxygen atoms in total. The second-order valence-corrected chi connectivity index (χ2v) is 12.6. The average Bonchev–Trinajstić information content (AvgIpc) is 2.90. The van der Waals surface area contributed by atoms with Gasteiger partial charge in [0.25, 0.3) is 5.91 Å². The number of hydrogen-bond acceptors (Lipinski definition) is 13. The third-order valence-corrected chi connectivity index (χ3v) is 7.09. The minimum atomic E-state index is -4.92. The van der Waals surface area contributed by atoms with Gasteiger partial charge in [-0.25, -0.2) is 25.3 Å². The van der Waals surface area contributed by atoms with Crippen molar-refractivity contribution in [2.45, 2.75) is 11.8 Å². The van der Waals surface area contributed by atoms with Crippen molar-refractivity contribution in [3.8, 4) is 5.75 Å². The van der Waals surface area contributed by atoms with Crippen molar-refractivity contribution < 1.29 is 108 Å². The third-order valence-electron chi connectivity index (χ3n) is 5.08. The molecule has 0 saturated carbocycles. The molecular weight excluding hydrogens is 662 g/mol. The van der Waals surface area contributed by atoms with Crippen LogP contribution in [0.25, 0.3) is 0 Å². The maximum absolute atomic E-state index is 12.6. The molecule has 0 aliphatic carbocycles. The number of carbonyl (C=O) groups excluding carboxylic acids is 1. The van der Waals surface area contributed by atoms with Crippen molar-refractivity contribution in [3.05, 3.63) is 78.7 Å². The molecule has 44 heavy (non-hydrogen) atoms. The summed E-state index contributed by atoms with van der Waals surface area (Å²) in [6.45, 7) is 5.15. The minimum Gasteiger partial charge on any atom is -0.747 e. The number of rotatable bonds is 10. The number of sulfone groups is 1. The van der Waals surface area contributed by atoms with Crippen LogP contribution >= 0.6 is 0 Å². The van der Waals surface area contributed by atoms with E-state index in [1.165, 1.54) is 25.3 Å². The van der Waals surface area contributed by atoms with Gasteiger partial charge in [0.2, 0.25) is 10.4 Å². The first kappa shape index (κ1) is 42.1. The van der Waals surface area contributed by atoms with Crippen molar-refractivity contribution in [3.63, 3.8) is 0 Å². The Balaban J connectivity index is 0.00000244. The normalized spacial score (nSPS) is 11.3. The molecule has 0 atom stereocenters. The first-order valence-electron chi connectivity index (χ1n) is 11.4. The standard InChI is InChI=1S/C24H25N4O7S2.2Na.H2O4S/c1-4-36(30,31)20-7-5-6-19(13-20)26-24(29)17-8-10-18(11-9-17)27-28-21-14-23(35-3)22(12-16(21)2)25-15-37(32,33)34;;;1-5(2,3)4/h5-14,25H,1,4,15H2,2-3H3,(H,26,29)(H,32,33,34);;;(H2,1,2,3,4)/q-1;2*+1;/p-2. The SMILES string of the molecule is O=S(=O)([O-])O.[CH2-]CS(=O)(=O)c1cccc(NC(=O)c2ccc(N=Nc3cc(OC)c(NCS(=O)(=O)[O-])cc3C)cc2)c1.[Na+].[Na+]. The number of methoxy groups -OCH3 is 1. The number of hydrogen-bond donors (Lipinski definition) is 3. The van der Waals surface area contributed by atoms with Crippen molar-refractivity contribution in [1.29, 1.82) is 0 Å². The minimum absolute atomic E-state index is 0. The fraction of sp³-hybridized carbons (Fsp3) is 0.167. The van der Waals surface area contributed by atoms with Crippen LogP contribution in [-0.4, -0.2) is 63.6 Å². The average molecular weight is 688 g/mol. The van der Waals surface area contributed by atoms with Gasteiger partial charge in [0, 0.05) is 17.3 Å². The maximum Gasteiger partial charge on any atom is 1.00 e. The molecule has 1 amide bonds. The number of nitrogens with one attached hydrogen (secondary N) is 2. The van der Waals surface area contributed by atoms with Gasteiger partial charge in [0.15, 0.2) is 9.84 Å². The van der Waals surface area contributed by atoms with E-state index in [0.717, 1.165) is 0 Å². The van der Waals surface area contributed by atoms with Gasteiger partial charge in [0.1, 0.15) is 21.7 Å². The smallest absolute Gasteiger partial charge is 0.747 e. The van der Waals surface area contributed by atoms with Crippen LogP contribution in [0.2, 0.25) is 0 Å². The van der Waals surface area contributed by atoms with E-state index in [4.69, 9.17) is 22.3 Å². The Hall–Kier alpha value is -1.94. The van der Waals surface area contributed by atoms with Gasteiger partial charge in [-0.1, -0.05) is 11.8 Å². The first-order chi connectivity index (χ1) is 19.4. The van der Waals surface area contributed by atoms with Gasteiger partial charge in [-0.05, 0) is 61.0 Å². The van der Waals surface area contributed by atoms with Crippen LogP contribution in [0.3, 0.4) is 0 Å². The van der Waals surface area contributed by atoms with Crippen molar-refractivity contribution in [2.24, 2.45) is 10.2 Å². The van der Waals surface area contributed by atoms with Gasteiger partial charge in [-0.3, -0.25) is 9.35 Å². The number of anilines is 2. The van der Waals surface area contributed by atoms with Crippen LogP contribution in [0.4, 0.5) is 22.7 Å². The van der Waals surface area contributed by atoms with Crippen molar-refractivity contribution in [2.75, 3.05) is 29.4 Å². The number of benzene rings is 3. The van der Waals surface area contributed by atoms with Crippen molar-refractivity contribution in [1.82, 2.24) is 0 Å². The number of ether oxygens (including phenoxy) is 1. The molecule has 0 heterocycles. The molecule has 20 heteroatoms. The summed E-state index contributed by atoms with van der Waals surface area (Å²) in [6.07, 6.45) is 0. The summed E-state index contributed by atoms with van der Waals surface area (Å²) < 4.78 is 94.8. The number of amides is 1. The second-order valence-electron chi connectivity index (χ2n) is 8.19. The van der Waals surface area contributed by atoms with Crippen LogP contribution in [0, 0.1) is 13.8 Å². The van der Waals surface area contributed by atoms with Crippen LogP contribution < -0.4 is 74.5 Å². The molecule has 228 valence electrons. The molecule has 3 rings (SSSR count). The molecule has 0 fully saturated rings. The van der Waals surface area contributed by atoms with Gasteiger partial charge < -0.3 is 31.4 Å². The Kier molecular flexibility index (Phi) is 17.5. The Morgan fingerprint density at radius 3 is 2.07 bits per heavy atom. The van der Waals surface area contributed by atoms with Gasteiger partial charge in [0.05, 0.1) is 29.1 Å². The molecule has 3 N–H and O–H groups in total. The molecular formula is C24H25N4Na2O11S3-. The van der Waals surface area contributed by atoms with E-state index in [1.54, 1.807) is 49.4 Å². The molecule has 0 aliphatic rings. The summed E-state index contributed by atoms with van der Waals surface area (Å²) in [5.74, 6) is -1.23. The Morgan fingerprint density at radius 2 is 1.55 bits per heavy atom. The van der Waals surface area contributed by atoms with Gasteiger partial charge in [-0.2, -0.15) is 10.2 Å². The van der Waals surface area contributed by atoms with E-state index in [-0.39, 0.29) is 75.5 Å². The molecule has 0 saturated heterocycles. The molecule has 3 aromatic rings. The number of carbonyl (C=O) groups is 1. The molecule has 0 aromatic heterocycles. The fourth-order valence-corrected chi connectivity index (χ4v) is 4.30. The van der Waals surface area contributed by atoms with Gasteiger partial charge in [-0.15, -0.1) is 0 Å². The molecule has 0 spiro atoms. The Bertz CT molecular complexity index is 1780. The summed E-state index contributed by atoms with van der Waals surface area (Å²) in [5.41, 5.74) is 2.53.